The zero-order chi connectivity index (χ0) is 16.0. The van der Waals surface area contributed by atoms with E-state index in [-0.39, 0.29) is 17.3 Å². The summed E-state index contributed by atoms with van der Waals surface area (Å²) in [6.07, 6.45) is 0.121. The SMILES string of the molecule is CCOC(=O)Cc1ccc(S(=O)(=O)Nc2cc[c]cc2)cc1. The highest BCUT2D eigenvalue weighted by molar-refractivity contribution is 7.92. The number of hydrogen-bond donors (Lipinski definition) is 1. The standard InChI is InChI=1S/C16H16NO4S/c1-2-21-16(18)12-13-8-10-15(11-9-13)22(19,20)17-14-6-4-3-5-7-14/h4-11,17H,2,12H2,1H3. The maximum atomic E-state index is 12.2. The fourth-order valence-corrected chi connectivity index (χ4v) is 2.89. The van der Waals surface area contributed by atoms with Gasteiger partial charge in [-0.25, -0.2) is 8.42 Å². The van der Waals surface area contributed by atoms with Crippen LogP contribution in [0.25, 0.3) is 0 Å². The first-order valence-electron chi connectivity index (χ1n) is 6.75. The number of carbonyl (C=O) groups is 1. The summed E-state index contributed by atoms with van der Waals surface area (Å²) in [4.78, 5) is 11.5. The molecule has 0 unspecified atom stereocenters. The van der Waals surface area contributed by atoms with Gasteiger partial charge >= 0.3 is 5.97 Å². The molecule has 0 amide bonds. The van der Waals surface area contributed by atoms with Gasteiger partial charge in [0.15, 0.2) is 0 Å². The highest BCUT2D eigenvalue weighted by Gasteiger charge is 2.14. The van der Waals surface area contributed by atoms with Gasteiger partial charge in [0, 0.05) is 5.69 Å². The van der Waals surface area contributed by atoms with Gasteiger partial charge in [-0.3, -0.25) is 9.52 Å². The Morgan fingerprint density at radius 1 is 1.14 bits per heavy atom. The number of nitrogens with one attached hydrogen (secondary N) is 1. The van der Waals surface area contributed by atoms with E-state index in [1.165, 1.54) is 12.1 Å². The fraction of sp³-hybridized carbons (Fsp3) is 0.188. The quantitative estimate of drug-likeness (QED) is 0.830. The number of benzene rings is 2. The van der Waals surface area contributed by atoms with Crippen LogP contribution in [-0.4, -0.2) is 21.0 Å². The summed E-state index contributed by atoms with van der Waals surface area (Å²) >= 11 is 0. The summed E-state index contributed by atoms with van der Waals surface area (Å²) in [5.74, 6) is -0.336. The average Bonchev–Trinajstić information content (AvgIpc) is 2.48. The van der Waals surface area contributed by atoms with Crippen molar-refractivity contribution in [3.63, 3.8) is 0 Å². The van der Waals surface area contributed by atoms with Crippen molar-refractivity contribution in [2.24, 2.45) is 0 Å². The Kier molecular flexibility index (Phi) is 5.16. The second-order valence-corrected chi connectivity index (χ2v) is 6.20. The minimum atomic E-state index is -3.65. The van der Waals surface area contributed by atoms with Crippen LogP contribution in [0.4, 0.5) is 5.69 Å². The Hall–Kier alpha value is -2.34. The molecular formula is C16H16NO4S. The van der Waals surface area contributed by atoms with Gasteiger partial charge in [-0.15, -0.1) is 0 Å². The fourth-order valence-electron chi connectivity index (χ4n) is 1.83. The number of anilines is 1. The van der Waals surface area contributed by atoms with Crippen molar-refractivity contribution in [2.45, 2.75) is 18.2 Å². The van der Waals surface area contributed by atoms with E-state index in [1.807, 2.05) is 0 Å². The Bertz CT molecular complexity index is 725. The molecule has 0 saturated carbocycles. The predicted octanol–water partition coefficient (Wildman–Crippen LogP) is 2.39. The molecule has 0 aromatic heterocycles. The normalized spacial score (nSPS) is 11.0. The van der Waals surface area contributed by atoms with Gasteiger partial charge in [0.05, 0.1) is 17.9 Å². The minimum absolute atomic E-state index is 0.121. The Morgan fingerprint density at radius 2 is 1.77 bits per heavy atom. The van der Waals surface area contributed by atoms with Crippen molar-refractivity contribution in [1.82, 2.24) is 0 Å². The molecule has 0 bridgehead atoms. The molecule has 0 aliphatic rings. The zero-order valence-corrected chi connectivity index (χ0v) is 12.9. The molecule has 1 N–H and O–H groups in total. The molecule has 2 aromatic rings. The third kappa shape index (κ3) is 4.33. The lowest BCUT2D eigenvalue weighted by atomic mass is 10.1. The smallest absolute Gasteiger partial charge is 0.310 e. The second-order valence-electron chi connectivity index (χ2n) is 4.52. The van der Waals surface area contributed by atoms with E-state index in [0.29, 0.717) is 17.9 Å². The van der Waals surface area contributed by atoms with Crippen LogP contribution in [0.15, 0.2) is 53.4 Å². The van der Waals surface area contributed by atoms with Crippen molar-refractivity contribution in [3.8, 4) is 0 Å². The molecule has 0 spiro atoms. The highest BCUT2D eigenvalue weighted by Crippen LogP contribution is 2.16. The van der Waals surface area contributed by atoms with Crippen LogP contribution < -0.4 is 4.72 Å². The zero-order valence-electron chi connectivity index (χ0n) is 12.1. The Labute approximate surface area is 130 Å². The van der Waals surface area contributed by atoms with E-state index in [2.05, 4.69) is 10.8 Å². The minimum Gasteiger partial charge on any atom is -0.466 e. The third-order valence-electron chi connectivity index (χ3n) is 2.86. The van der Waals surface area contributed by atoms with Crippen LogP contribution in [0.1, 0.15) is 12.5 Å². The maximum Gasteiger partial charge on any atom is 0.310 e. The van der Waals surface area contributed by atoms with E-state index >= 15 is 0 Å². The van der Waals surface area contributed by atoms with Crippen molar-refractivity contribution in [2.75, 3.05) is 11.3 Å². The predicted molar refractivity (Wildman–Crippen MR) is 82.9 cm³/mol. The molecule has 1 radical (unpaired) electrons. The number of hydrogen-bond acceptors (Lipinski definition) is 4. The van der Waals surface area contributed by atoms with Crippen LogP contribution in [0.3, 0.4) is 0 Å². The Balaban J connectivity index is 2.10. The van der Waals surface area contributed by atoms with Gasteiger partial charge in [-0.2, -0.15) is 0 Å². The molecule has 5 nitrogen and oxygen atoms in total. The first-order chi connectivity index (χ1) is 10.5. The van der Waals surface area contributed by atoms with Crippen molar-refractivity contribution in [1.29, 1.82) is 0 Å². The molecule has 0 heterocycles. The third-order valence-corrected chi connectivity index (χ3v) is 4.26. The van der Waals surface area contributed by atoms with Crippen LogP contribution in [0, 0.1) is 6.07 Å². The largest absolute Gasteiger partial charge is 0.466 e. The average molecular weight is 318 g/mol. The summed E-state index contributed by atoms with van der Waals surface area (Å²) in [6.45, 7) is 2.06. The van der Waals surface area contributed by atoms with Gasteiger partial charge in [-0.05, 0) is 42.8 Å². The van der Waals surface area contributed by atoms with E-state index in [1.54, 1.807) is 43.3 Å². The molecule has 0 aliphatic heterocycles. The summed E-state index contributed by atoms with van der Waals surface area (Å²) in [6, 6.07) is 15.4. The van der Waals surface area contributed by atoms with E-state index in [0.717, 1.165) is 0 Å². The lowest BCUT2D eigenvalue weighted by Gasteiger charge is -2.08. The van der Waals surface area contributed by atoms with Crippen LogP contribution in [0.5, 0.6) is 0 Å². The molecule has 22 heavy (non-hydrogen) atoms. The highest BCUT2D eigenvalue weighted by atomic mass is 32.2. The van der Waals surface area contributed by atoms with Gasteiger partial charge in [0.1, 0.15) is 0 Å². The van der Waals surface area contributed by atoms with Crippen LogP contribution >= 0.6 is 0 Å². The van der Waals surface area contributed by atoms with E-state index < -0.39 is 10.0 Å². The van der Waals surface area contributed by atoms with Crippen LogP contribution in [-0.2, 0) is 26.0 Å². The summed E-state index contributed by atoms with van der Waals surface area (Å²) < 4.78 is 31.8. The molecule has 2 rings (SSSR count). The van der Waals surface area contributed by atoms with Crippen molar-refractivity contribution >= 4 is 21.7 Å². The summed E-state index contributed by atoms with van der Waals surface area (Å²) in [5.41, 5.74) is 1.17. The molecule has 0 aliphatic carbocycles. The number of sulfonamides is 1. The first-order valence-corrected chi connectivity index (χ1v) is 8.23. The number of carbonyl (C=O) groups excluding carboxylic acids is 1. The van der Waals surface area contributed by atoms with E-state index in [4.69, 9.17) is 4.74 Å². The van der Waals surface area contributed by atoms with Gasteiger partial charge in [-0.1, -0.05) is 24.3 Å². The molecular weight excluding hydrogens is 302 g/mol. The second kappa shape index (κ2) is 7.09. The van der Waals surface area contributed by atoms with Crippen molar-refractivity contribution < 1.29 is 17.9 Å². The first kappa shape index (κ1) is 16.0. The van der Waals surface area contributed by atoms with Gasteiger partial charge in [0.25, 0.3) is 10.0 Å². The van der Waals surface area contributed by atoms with Gasteiger partial charge in [0.2, 0.25) is 0 Å². The molecule has 0 fully saturated rings. The monoisotopic (exact) mass is 318 g/mol. The number of ether oxygens (including phenoxy) is 1. The van der Waals surface area contributed by atoms with Crippen LogP contribution in [0.2, 0.25) is 0 Å². The van der Waals surface area contributed by atoms with Gasteiger partial charge < -0.3 is 4.74 Å². The molecule has 0 atom stereocenters. The topological polar surface area (TPSA) is 72.5 Å². The van der Waals surface area contributed by atoms with Crippen molar-refractivity contribution in [3.05, 3.63) is 60.2 Å². The molecule has 2 aromatic carbocycles. The molecule has 115 valence electrons. The Morgan fingerprint density at radius 3 is 2.36 bits per heavy atom. The molecule has 6 heteroatoms. The summed E-state index contributed by atoms with van der Waals surface area (Å²) in [7, 11) is -3.65. The summed E-state index contributed by atoms with van der Waals surface area (Å²) in [5, 5.41) is 0. The number of rotatable bonds is 6. The lowest BCUT2D eigenvalue weighted by molar-refractivity contribution is -0.142. The lowest BCUT2D eigenvalue weighted by Crippen LogP contribution is -2.13. The van der Waals surface area contributed by atoms with E-state index in [9.17, 15) is 13.2 Å². The maximum absolute atomic E-state index is 12.2. The molecule has 0 saturated heterocycles. The number of esters is 1.